The Morgan fingerprint density at radius 3 is 0.932 bits per heavy atom. The molecule has 0 aliphatic heterocycles. The Morgan fingerprint density at radius 1 is 0.432 bits per heavy atom. The van der Waals surface area contributed by atoms with E-state index in [0.717, 1.165) is 0 Å². The average molecular weight is 589 g/mol. The number of rotatable bonds is 7. The number of non-ortho nitro benzene ring substituents is 2. The summed E-state index contributed by atoms with van der Waals surface area (Å²) >= 11 is 0. The highest BCUT2D eigenvalue weighted by Gasteiger charge is 2.17. The fraction of sp³-hybridized carbons (Fsp3) is 0. The minimum Gasteiger partial charge on any atom is -0.258 e. The highest BCUT2D eigenvalue weighted by atomic mass is 19.1. The molecule has 0 unspecified atom stereocenters. The SMILES string of the molecule is O=[N+]([O-])c1ccc(-c2cc(-c3ccc(F)cc3)nc(-c3nc(-c4ccc(F)cc4)cc(-c4ccc([N+](=O)[O-])cc4)n3)n2)cc1. The Morgan fingerprint density at radius 2 is 0.682 bits per heavy atom. The van der Waals surface area contributed by atoms with Gasteiger partial charge in [0.25, 0.3) is 11.4 Å². The molecule has 0 bridgehead atoms. The number of aromatic nitrogens is 4. The fourth-order valence-electron chi connectivity index (χ4n) is 4.44. The van der Waals surface area contributed by atoms with Gasteiger partial charge in [0.2, 0.25) is 0 Å². The molecule has 0 amide bonds. The van der Waals surface area contributed by atoms with Gasteiger partial charge in [-0.1, -0.05) is 0 Å². The molecule has 2 aromatic heterocycles. The molecule has 0 saturated heterocycles. The number of nitro benzene ring substituents is 2. The first-order valence-corrected chi connectivity index (χ1v) is 13.0. The van der Waals surface area contributed by atoms with Crippen molar-refractivity contribution >= 4 is 11.4 Å². The predicted octanol–water partition coefficient (Wildman–Crippen LogP) is 7.70. The molecule has 10 nitrogen and oxygen atoms in total. The summed E-state index contributed by atoms with van der Waals surface area (Å²) in [4.78, 5) is 40.1. The molecule has 4 aromatic carbocycles. The number of nitrogens with zero attached hydrogens (tertiary/aromatic N) is 6. The zero-order valence-electron chi connectivity index (χ0n) is 22.5. The van der Waals surface area contributed by atoms with Gasteiger partial charge in [-0.3, -0.25) is 20.2 Å². The first-order valence-electron chi connectivity index (χ1n) is 13.0. The number of hydrogen-bond acceptors (Lipinski definition) is 8. The van der Waals surface area contributed by atoms with Crippen molar-refractivity contribution in [2.75, 3.05) is 0 Å². The molecule has 0 radical (unpaired) electrons. The third kappa shape index (κ3) is 5.85. The van der Waals surface area contributed by atoms with Crippen LogP contribution in [0.1, 0.15) is 0 Å². The zero-order valence-corrected chi connectivity index (χ0v) is 22.5. The first-order chi connectivity index (χ1) is 21.2. The van der Waals surface area contributed by atoms with E-state index in [-0.39, 0.29) is 23.0 Å². The number of benzene rings is 4. The van der Waals surface area contributed by atoms with Crippen molar-refractivity contribution in [1.29, 1.82) is 0 Å². The van der Waals surface area contributed by atoms with Gasteiger partial charge >= 0.3 is 0 Å². The normalized spacial score (nSPS) is 10.9. The van der Waals surface area contributed by atoms with Gasteiger partial charge in [0.05, 0.1) is 32.6 Å². The summed E-state index contributed by atoms with van der Waals surface area (Å²) in [5, 5.41) is 22.4. The third-order valence-electron chi connectivity index (χ3n) is 6.68. The number of hydrogen-bond donors (Lipinski definition) is 0. The number of nitro groups is 2. The molecule has 2 heterocycles. The van der Waals surface area contributed by atoms with Gasteiger partial charge in [0.15, 0.2) is 11.6 Å². The van der Waals surface area contributed by atoms with Crippen LogP contribution in [0.4, 0.5) is 20.2 Å². The Hall–Kier alpha value is -6.30. The minimum absolute atomic E-state index is 0.0901. The van der Waals surface area contributed by atoms with Crippen LogP contribution in [0.5, 0.6) is 0 Å². The van der Waals surface area contributed by atoms with Crippen LogP contribution >= 0.6 is 0 Å². The lowest BCUT2D eigenvalue weighted by molar-refractivity contribution is -0.385. The van der Waals surface area contributed by atoms with Crippen LogP contribution in [0.3, 0.4) is 0 Å². The van der Waals surface area contributed by atoms with E-state index in [1.54, 1.807) is 60.7 Å². The van der Waals surface area contributed by atoms with Crippen LogP contribution in [0.25, 0.3) is 56.7 Å². The Labute approximate surface area is 247 Å². The van der Waals surface area contributed by atoms with E-state index < -0.39 is 21.5 Å². The summed E-state index contributed by atoms with van der Waals surface area (Å²) in [6.07, 6.45) is 0. The molecule has 0 spiro atoms. The number of halogens is 2. The molecular formula is C32H18F2N6O4. The molecule has 0 atom stereocenters. The Kier molecular flexibility index (Phi) is 7.30. The maximum atomic E-state index is 13.7. The average Bonchev–Trinajstić information content (AvgIpc) is 3.05. The van der Waals surface area contributed by atoms with Crippen molar-refractivity contribution in [3.63, 3.8) is 0 Å². The van der Waals surface area contributed by atoms with E-state index in [9.17, 15) is 29.0 Å². The molecule has 0 aliphatic rings. The van der Waals surface area contributed by atoms with Crippen molar-refractivity contribution in [2.24, 2.45) is 0 Å². The molecule has 6 rings (SSSR count). The standard InChI is InChI=1S/C32H18F2N6O4/c33-23-9-1-19(2-10-23)27-17-29(21-5-13-25(14-6-21)39(41)42)37-31(35-27)32-36-28(20-3-11-24(34)12-4-20)18-30(38-32)22-7-15-26(16-8-22)40(43)44/h1-18H. The van der Waals surface area contributed by atoms with E-state index in [1.807, 2.05) is 0 Å². The van der Waals surface area contributed by atoms with E-state index in [2.05, 4.69) is 19.9 Å². The van der Waals surface area contributed by atoms with Crippen molar-refractivity contribution < 1.29 is 18.6 Å². The van der Waals surface area contributed by atoms with Crippen molar-refractivity contribution in [2.45, 2.75) is 0 Å². The second kappa shape index (κ2) is 11.5. The largest absolute Gasteiger partial charge is 0.269 e. The molecule has 0 aliphatic carbocycles. The fourth-order valence-corrected chi connectivity index (χ4v) is 4.44. The maximum Gasteiger partial charge on any atom is 0.269 e. The molecule has 6 aromatic rings. The van der Waals surface area contributed by atoms with Gasteiger partial charge in [-0.2, -0.15) is 0 Å². The molecule has 0 fully saturated rings. The van der Waals surface area contributed by atoms with Gasteiger partial charge in [-0.25, -0.2) is 28.7 Å². The lowest BCUT2D eigenvalue weighted by Crippen LogP contribution is -2.02. The lowest BCUT2D eigenvalue weighted by atomic mass is 10.1. The van der Waals surface area contributed by atoms with Crippen molar-refractivity contribution in [1.82, 2.24) is 19.9 Å². The summed E-state index contributed by atoms with van der Waals surface area (Å²) in [7, 11) is 0. The monoisotopic (exact) mass is 588 g/mol. The summed E-state index contributed by atoms with van der Waals surface area (Å²) in [6.45, 7) is 0. The van der Waals surface area contributed by atoms with Gasteiger partial charge < -0.3 is 0 Å². The minimum atomic E-state index is -0.506. The predicted molar refractivity (Wildman–Crippen MR) is 158 cm³/mol. The topological polar surface area (TPSA) is 138 Å². The first kappa shape index (κ1) is 27.8. The van der Waals surface area contributed by atoms with Crippen molar-refractivity contribution in [3.8, 4) is 56.7 Å². The summed E-state index contributed by atoms with van der Waals surface area (Å²) in [5.41, 5.74) is 3.68. The van der Waals surface area contributed by atoms with Crippen LogP contribution in [0.15, 0.2) is 109 Å². The van der Waals surface area contributed by atoms with Crippen LogP contribution < -0.4 is 0 Å². The summed E-state index contributed by atoms with van der Waals surface area (Å²) in [5.74, 6) is -0.678. The molecule has 0 saturated carbocycles. The van der Waals surface area contributed by atoms with Crippen LogP contribution in [0.2, 0.25) is 0 Å². The van der Waals surface area contributed by atoms with Crippen LogP contribution in [0, 0.1) is 31.9 Å². The maximum absolute atomic E-state index is 13.7. The van der Waals surface area contributed by atoms with Gasteiger partial charge in [0, 0.05) is 46.5 Å². The molecule has 44 heavy (non-hydrogen) atoms. The van der Waals surface area contributed by atoms with E-state index in [0.29, 0.717) is 45.0 Å². The van der Waals surface area contributed by atoms with E-state index >= 15 is 0 Å². The summed E-state index contributed by atoms with van der Waals surface area (Å²) < 4.78 is 27.5. The van der Waals surface area contributed by atoms with E-state index in [1.165, 1.54) is 48.5 Å². The Balaban J connectivity index is 1.55. The smallest absolute Gasteiger partial charge is 0.258 e. The van der Waals surface area contributed by atoms with Gasteiger partial charge in [0.1, 0.15) is 11.6 Å². The van der Waals surface area contributed by atoms with E-state index in [4.69, 9.17) is 0 Å². The van der Waals surface area contributed by atoms with Crippen LogP contribution in [-0.2, 0) is 0 Å². The highest BCUT2D eigenvalue weighted by Crippen LogP contribution is 2.31. The van der Waals surface area contributed by atoms with Gasteiger partial charge in [-0.05, 0) is 84.9 Å². The second-order valence-electron chi connectivity index (χ2n) is 9.55. The quantitative estimate of drug-likeness (QED) is 0.137. The highest BCUT2D eigenvalue weighted by molar-refractivity contribution is 5.74. The van der Waals surface area contributed by atoms with Gasteiger partial charge in [-0.15, -0.1) is 0 Å². The lowest BCUT2D eigenvalue weighted by Gasteiger charge is -2.11. The third-order valence-corrected chi connectivity index (χ3v) is 6.68. The zero-order chi connectivity index (χ0) is 30.8. The molecular weight excluding hydrogens is 570 g/mol. The van der Waals surface area contributed by atoms with Crippen LogP contribution in [-0.4, -0.2) is 29.8 Å². The summed E-state index contributed by atoms with van der Waals surface area (Å²) in [6, 6.07) is 26.3. The second-order valence-corrected chi connectivity index (χ2v) is 9.55. The molecule has 12 heteroatoms. The van der Waals surface area contributed by atoms with Crippen molar-refractivity contribution in [3.05, 3.63) is 141 Å². The Bertz CT molecular complexity index is 1870. The molecule has 214 valence electrons. The molecule has 0 N–H and O–H groups in total.